The highest BCUT2D eigenvalue weighted by Crippen LogP contribution is 2.35. The van der Waals surface area contributed by atoms with Crippen LogP contribution in [0.3, 0.4) is 0 Å². The summed E-state index contributed by atoms with van der Waals surface area (Å²) in [6.45, 7) is 10.1. The maximum Gasteiger partial charge on any atom is 0.0501 e. The van der Waals surface area contributed by atoms with E-state index in [-0.39, 0.29) is 5.41 Å². The number of aliphatic hydroxyl groups is 1. The third-order valence-electron chi connectivity index (χ3n) is 4.66. The summed E-state index contributed by atoms with van der Waals surface area (Å²) in [5.74, 6) is 0. The summed E-state index contributed by atoms with van der Waals surface area (Å²) in [6.07, 6.45) is 4.60. The fourth-order valence-corrected chi connectivity index (χ4v) is 2.96. The molecule has 0 radical (unpaired) electrons. The second-order valence-corrected chi connectivity index (χ2v) is 6.71. The number of hydrogen-bond acceptors (Lipinski definition) is 3. The first-order valence-electron chi connectivity index (χ1n) is 6.96. The van der Waals surface area contributed by atoms with Gasteiger partial charge in [-0.25, -0.2) is 0 Å². The van der Waals surface area contributed by atoms with E-state index in [9.17, 15) is 5.11 Å². The minimum atomic E-state index is 0.111. The summed E-state index contributed by atoms with van der Waals surface area (Å²) in [6, 6.07) is 0. The Bertz CT molecular complexity index is 237. The van der Waals surface area contributed by atoms with Crippen LogP contribution in [-0.2, 0) is 4.74 Å². The number of ether oxygens (including phenoxy) is 1. The molecule has 3 heteroatoms. The molecule has 3 nitrogen and oxygen atoms in total. The van der Waals surface area contributed by atoms with Gasteiger partial charge in [-0.1, -0.05) is 13.8 Å². The van der Waals surface area contributed by atoms with Crippen LogP contribution in [-0.4, -0.2) is 49.5 Å². The van der Waals surface area contributed by atoms with Gasteiger partial charge in [0.1, 0.15) is 0 Å². The van der Waals surface area contributed by atoms with E-state index in [0.29, 0.717) is 12.0 Å². The van der Waals surface area contributed by atoms with E-state index in [0.717, 1.165) is 32.6 Å². The van der Waals surface area contributed by atoms with E-state index in [1.165, 1.54) is 25.9 Å². The van der Waals surface area contributed by atoms with Gasteiger partial charge in [0.15, 0.2) is 0 Å². The van der Waals surface area contributed by atoms with Gasteiger partial charge in [0, 0.05) is 25.2 Å². The molecule has 0 aliphatic carbocycles. The molecule has 17 heavy (non-hydrogen) atoms. The molecule has 2 rings (SSSR count). The van der Waals surface area contributed by atoms with Gasteiger partial charge in [0.2, 0.25) is 0 Å². The first-order chi connectivity index (χ1) is 8.05. The molecule has 2 aliphatic heterocycles. The van der Waals surface area contributed by atoms with E-state index in [2.05, 4.69) is 18.7 Å². The Morgan fingerprint density at radius 1 is 1.06 bits per heavy atom. The SMILES string of the molecule is CC1(C)CCN(CC2(CO)CCOCC2)CC1. The van der Waals surface area contributed by atoms with Crippen molar-refractivity contribution in [3.05, 3.63) is 0 Å². The van der Waals surface area contributed by atoms with Gasteiger partial charge in [-0.15, -0.1) is 0 Å². The third-order valence-corrected chi connectivity index (χ3v) is 4.66. The van der Waals surface area contributed by atoms with Gasteiger partial charge in [0.25, 0.3) is 0 Å². The van der Waals surface area contributed by atoms with Crippen molar-refractivity contribution < 1.29 is 9.84 Å². The van der Waals surface area contributed by atoms with Crippen LogP contribution in [0.5, 0.6) is 0 Å². The largest absolute Gasteiger partial charge is 0.396 e. The van der Waals surface area contributed by atoms with Crippen molar-refractivity contribution in [2.75, 3.05) is 39.5 Å². The molecular formula is C14H27NO2. The summed E-state index contributed by atoms with van der Waals surface area (Å²) in [7, 11) is 0. The molecule has 0 amide bonds. The van der Waals surface area contributed by atoms with Crippen LogP contribution in [0.15, 0.2) is 0 Å². The summed E-state index contributed by atoms with van der Waals surface area (Å²) in [4.78, 5) is 2.55. The van der Waals surface area contributed by atoms with Crippen LogP contribution in [0.25, 0.3) is 0 Å². The molecule has 0 aromatic carbocycles. The minimum Gasteiger partial charge on any atom is -0.396 e. The van der Waals surface area contributed by atoms with Crippen LogP contribution in [0.4, 0.5) is 0 Å². The predicted octanol–water partition coefficient (Wildman–Crippen LogP) is 1.90. The molecular weight excluding hydrogens is 214 g/mol. The molecule has 0 atom stereocenters. The second-order valence-electron chi connectivity index (χ2n) is 6.71. The molecule has 100 valence electrons. The lowest BCUT2D eigenvalue weighted by molar-refractivity contribution is -0.0413. The highest BCUT2D eigenvalue weighted by atomic mass is 16.5. The standard InChI is InChI=1S/C14H27NO2/c1-13(2)3-7-15(8-4-13)11-14(12-16)5-9-17-10-6-14/h16H,3-12H2,1-2H3. The van der Waals surface area contributed by atoms with Crippen LogP contribution in [0.2, 0.25) is 0 Å². The summed E-state index contributed by atoms with van der Waals surface area (Å²) in [5, 5.41) is 9.69. The zero-order valence-electron chi connectivity index (χ0n) is 11.4. The number of aliphatic hydroxyl groups excluding tert-OH is 1. The Labute approximate surface area is 105 Å². The Kier molecular flexibility index (Phi) is 4.11. The molecule has 0 aromatic rings. The number of piperidine rings is 1. The van der Waals surface area contributed by atoms with Crippen molar-refractivity contribution in [2.45, 2.75) is 39.5 Å². The van der Waals surface area contributed by atoms with E-state index >= 15 is 0 Å². The quantitative estimate of drug-likeness (QED) is 0.819. The van der Waals surface area contributed by atoms with Crippen LogP contribution in [0.1, 0.15) is 39.5 Å². The zero-order valence-corrected chi connectivity index (χ0v) is 11.4. The zero-order chi connectivity index (χ0) is 12.4. The van der Waals surface area contributed by atoms with Gasteiger partial charge in [0.05, 0.1) is 6.61 Å². The lowest BCUT2D eigenvalue weighted by Gasteiger charge is -2.43. The van der Waals surface area contributed by atoms with E-state index in [1.54, 1.807) is 0 Å². The maximum absolute atomic E-state index is 9.69. The van der Waals surface area contributed by atoms with Crippen molar-refractivity contribution in [3.63, 3.8) is 0 Å². The van der Waals surface area contributed by atoms with Gasteiger partial charge >= 0.3 is 0 Å². The highest BCUT2D eigenvalue weighted by molar-refractivity contribution is 4.87. The summed E-state index contributed by atoms with van der Waals surface area (Å²) < 4.78 is 5.42. The van der Waals surface area contributed by atoms with Gasteiger partial charge in [-0.3, -0.25) is 0 Å². The minimum absolute atomic E-state index is 0.111. The number of rotatable bonds is 3. The lowest BCUT2D eigenvalue weighted by Crippen LogP contribution is -2.47. The molecule has 2 heterocycles. The fraction of sp³-hybridized carbons (Fsp3) is 1.00. The lowest BCUT2D eigenvalue weighted by atomic mass is 9.78. The van der Waals surface area contributed by atoms with Gasteiger partial charge in [-0.2, -0.15) is 0 Å². The van der Waals surface area contributed by atoms with E-state index in [1.807, 2.05) is 0 Å². The Balaban J connectivity index is 1.87. The maximum atomic E-state index is 9.69. The smallest absolute Gasteiger partial charge is 0.0501 e. The molecule has 2 fully saturated rings. The van der Waals surface area contributed by atoms with Gasteiger partial charge in [-0.05, 0) is 44.2 Å². The first-order valence-corrected chi connectivity index (χ1v) is 6.96. The molecule has 1 N–H and O–H groups in total. The average molecular weight is 241 g/mol. The van der Waals surface area contributed by atoms with Crippen LogP contribution < -0.4 is 0 Å². The fourth-order valence-electron chi connectivity index (χ4n) is 2.96. The Morgan fingerprint density at radius 3 is 2.18 bits per heavy atom. The molecule has 0 saturated carbocycles. The summed E-state index contributed by atoms with van der Waals surface area (Å²) >= 11 is 0. The molecule has 0 aromatic heterocycles. The topological polar surface area (TPSA) is 32.7 Å². The van der Waals surface area contributed by atoms with Crippen molar-refractivity contribution >= 4 is 0 Å². The van der Waals surface area contributed by atoms with Crippen LogP contribution >= 0.6 is 0 Å². The predicted molar refractivity (Wildman–Crippen MR) is 69.0 cm³/mol. The van der Waals surface area contributed by atoms with E-state index < -0.39 is 0 Å². The Morgan fingerprint density at radius 2 is 1.65 bits per heavy atom. The molecule has 2 aliphatic rings. The molecule has 0 unspecified atom stereocenters. The van der Waals surface area contributed by atoms with Crippen molar-refractivity contribution in [1.82, 2.24) is 4.90 Å². The monoisotopic (exact) mass is 241 g/mol. The molecule has 0 spiro atoms. The van der Waals surface area contributed by atoms with Crippen molar-refractivity contribution in [1.29, 1.82) is 0 Å². The normalized spacial score (nSPS) is 29.1. The van der Waals surface area contributed by atoms with Gasteiger partial charge < -0.3 is 14.7 Å². The molecule has 0 bridgehead atoms. The average Bonchev–Trinajstić information content (AvgIpc) is 2.33. The molecule has 2 saturated heterocycles. The van der Waals surface area contributed by atoms with Crippen molar-refractivity contribution in [2.24, 2.45) is 10.8 Å². The number of hydrogen-bond donors (Lipinski definition) is 1. The van der Waals surface area contributed by atoms with E-state index in [4.69, 9.17) is 4.74 Å². The second kappa shape index (κ2) is 5.25. The number of likely N-dealkylation sites (tertiary alicyclic amines) is 1. The van der Waals surface area contributed by atoms with Crippen LogP contribution in [0, 0.1) is 10.8 Å². The Hall–Kier alpha value is -0.120. The first kappa shape index (κ1) is 13.3. The third kappa shape index (κ3) is 3.43. The number of nitrogens with zero attached hydrogens (tertiary/aromatic N) is 1. The van der Waals surface area contributed by atoms with Crippen molar-refractivity contribution in [3.8, 4) is 0 Å². The highest BCUT2D eigenvalue weighted by Gasteiger charge is 2.35. The summed E-state index contributed by atoms with van der Waals surface area (Å²) in [5.41, 5.74) is 0.623.